The van der Waals surface area contributed by atoms with Gasteiger partial charge in [-0.1, -0.05) is 24.3 Å². The molecule has 2 rings (SSSR count). The molecule has 1 heterocycles. The maximum absolute atomic E-state index is 12.0. The average molecular weight is 345 g/mol. The minimum Gasteiger partial charge on any atom is -0.496 e. The lowest BCUT2D eigenvalue weighted by molar-refractivity contribution is -0.150. The molecule has 1 amide bonds. The molecule has 1 aromatic carbocycles. The lowest BCUT2D eigenvalue weighted by Crippen LogP contribution is -2.35. The predicted molar refractivity (Wildman–Crippen MR) is 93.7 cm³/mol. The van der Waals surface area contributed by atoms with Crippen LogP contribution in [-0.2, 0) is 20.9 Å². The van der Waals surface area contributed by atoms with Crippen molar-refractivity contribution < 1.29 is 19.1 Å². The number of methoxy groups -OCH3 is 1. The predicted octanol–water partition coefficient (Wildman–Crippen LogP) is 3.02. The third-order valence-corrected chi connectivity index (χ3v) is 4.07. The van der Waals surface area contributed by atoms with Gasteiger partial charge in [0.25, 0.3) is 5.91 Å². The van der Waals surface area contributed by atoms with Gasteiger partial charge in [0.1, 0.15) is 5.75 Å². The minimum absolute atomic E-state index is 0.301. The van der Waals surface area contributed by atoms with Crippen molar-refractivity contribution in [1.29, 1.82) is 0 Å². The number of carbonyl (C=O) groups is 2. The highest BCUT2D eigenvalue weighted by molar-refractivity contribution is 7.10. The minimum atomic E-state index is -0.875. The van der Waals surface area contributed by atoms with Crippen LogP contribution in [0, 0.1) is 0 Å². The SMILES string of the molecule is COc1ccccc1CNC(=O)[C@@H](C)OC(=O)/C=C/c1cccs1. The second-order valence-corrected chi connectivity index (χ2v) is 5.94. The third-order valence-electron chi connectivity index (χ3n) is 3.23. The first-order valence-corrected chi connectivity index (χ1v) is 8.30. The molecular formula is C18H19NO4S. The molecule has 0 saturated carbocycles. The molecule has 0 aliphatic heterocycles. The van der Waals surface area contributed by atoms with Crippen LogP contribution in [0.3, 0.4) is 0 Å². The van der Waals surface area contributed by atoms with Crippen LogP contribution >= 0.6 is 11.3 Å². The second-order valence-electron chi connectivity index (χ2n) is 4.96. The summed E-state index contributed by atoms with van der Waals surface area (Å²) in [5.41, 5.74) is 0.851. The van der Waals surface area contributed by atoms with Crippen molar-refractivity contribution in [3.05, 3.63) is 58.3 Å². The van der Waals surface area contributed by atoms with E-state index < -0.39 is 12.1 Å². The summed E-state index contributed by atoms with van der Waals surface area (Å²) in [5.74, 6) is -0.219. The number of para-hydroxylation sites is 1. The normalized spacial score (nSPS) is 11.9. The molecule has 0 saturated heterocycles. The van der Waals surface area contributed by atoms with Crippen molar-refractivity contribution >= 4 is 29.3 Å². The Morgan fingerprint density at radius 3 is 2.75 bits per heavy atom. The summed E-state index contributed by atoms with van der Waals surface area (Å²) in [6, 6.07) is 11.2. The molecule has 1 N–H and O–H groups in total. The van der Waals surface area contributed by atoms with E-state index >= 15 is 0 Å². The number of benzene rings is 1. The fraction of sp³-hybridized carbons (Fsp3) is 0.222. The summed E-state index contributed by atoms with van der Waals surface area (Å²) in [5, 5.41) is 4.65. The Morgan fingerprint density at radius 2 is 2.04 bits per heavy atom. The topological polar surface area (TPSA) is 64.6 Å². The zero-order valence-electron chi connectivity index (χ0n) is 13.5. The third kappa shape index (κ3) is 5.24. The summed E-state index contributed by atoms with van der Waals surface area (Å²) in [6.07, 6.45) is 2.10. The average Bonchev–Trinajstić information content (AvgIpc) is 3.11. The van der Waals surface area contributed by atoms with Crippen LogP contribution in [0.1, 0.15) is 17.4 Å². The van der Waals surface area contributed by atoms with Gasteiger partial charge in [0.05, 0.1) is 7.11 Å². The molecule has 1 atom stereocenters. The molecule has 126 valence electrons. The van der Waals surface area contributed by atoms with Gasteiger partial charge in [-0.15, -0.1) is 11.3 Å². The first-order valence-electron chi connectivity index (χ1n) is 7.42. The quantitative estimate of drug-likeness (QED) is 0.619. The van der Waals surface area contributed by atoms with Crippen LogP contribution in [0.4, 0.5) is 0 Å². The first kappa shape index (κ1) is 17.7. The summed E-state index contributed by atoms with van der Waals surface area (Å²) in [4.78, 5) is 24.7. The summed E-state index contributed by atoms with van der Waals surface area (Å²) < 4.78 is 10.3. The Kier molecular flexibility index (Phi) is 6.57. The van der Waals surface area contributed by atoms with E-state index in [-0.39, 0.29) is 5.91 Å². The zero-order valence-corrected chi connectivity index (χ0v) is 14.3. The summed E-state index contributed by atoms with van der Waals surface area (Å²) in [7, 11) is 1.57. The van der Waals surface area contributed by atoms with Crippen LogP contribution < -0.4 is 10.1 Å². The van der Waals surface area contributed by atoms with Gasteiger partial charge >= 0.3 is 5.97 Å². The number of thiophene rings is 1. The van der Waals surface area contributed by atoms with Crippen molar-refractivity contribution in [2.75, 3.05) is 7.11 Å². The number of rotatable bonds is 7. The lowest BCUT2D eigenvalue weighted by atomic mass is 10.2. The molecule has 0 aliphatic carbocycles. The smallest absolute Gasteiger partial charge is 0.331 e. The van der Waals surface area contributed by atoms with Gasteiger partial charge in [0, 0.05) is 23.1 Å². The molecule has 6 heteroatoms. The van der Waals surface area contributed by atoms with E-state index in [4.69, 9.17) is 9.47 Å². The highest BCUT2D eigenvalue weighted by Gasteiger charge is 2.16. The summed E-state index contributed by atoms with van der Waals surface area (Å²) >= 11 is 1.51. The van der Waals surface area contributed by atoms with Crippen molar-refractivity contribution in [2.24, 2.45) is 0 Å². The molecule has 5 nitrogen and oxygen atoms in total. The molecule has 0 fully saturated rings. The summed E-state index contributed by atoms with van der Waals surface area (Å²) in [6.45, 7) is 1.84. The van der Waals surface area contributed by atoms with Crippen LogP contribution in [0.2, 0.25) is 0 Å². The largest absolute Gasteiger partial charge is 0.496 e. The van der Waals surface area contributed by atoms with Gasteiger partial charge in [-0.25, -0.2) is 4.79 Å². The fourth-order valence-electron chi connectivity index (χ4n) is 1.98. The number of ether oxygens (including phenoxy) is 2. The van der Waals surface area contributed by atoms with Crippen molar-refractivity contribution in [3.63, 3.8) is 0 Å². The molecule has 24 heavy (non-hydrogen) atoms. The molecule has 2 aromatic rings. The Balaban J connectivity index is 1.82. The van der Waals surface area contributed by atoms with Crippen LogP contribution in [-0.4, -0.2) is 25.1 Å². The fourth-order valence-corrected chi connectivity index (χ4v) is 2.60. The number of carbonyl (C=O) groups excluding carboxylic acids is 2. The van der Waals surface area contributed by atoms with Gasteiger partial charge in [0.2, 0.25) is 0 Å². The highest BCUT2D eigenvalue weighted by atomic mass is 32.1. The van der Waals surface area contributed by atoms with E-state index in [1.165, 1.54) is 24.3 Å². The van der Waals surface area contributed by atoms with E-state index in [2.05, 4.69) is 5.32 Å². The molecular weight excluding hydrogens is 326 g/mol. The van der Waals surface area contributed by atoms with E-state index in [1.807, 2.05) is 41.8 Å². The lowest BCUT2D eigenvalue weighted by Gasteiger charge is -2.13. The Hall–Kier alpha value is -2.60. The van der Waals surface area contributed by atoms with Crippen LogP contribution in [0.5, 0.6) is 5.75 Å². The van der Waals surface area contributed by atoms with Gasteiger partial charge in [-0.05, 0) is 30.5 Å². The number of hydrogen-bond acceptors (Lipinski definition) is 5. The standard InChI is InChI=1S/C18H19NO4S/c1-13(23-17(20)10-9-15-7-5-11-24-15)18(21)19-12-14-6-3-4-8-16(14)22-2/h3-11,13H,12H2,1-2H3,(H,19,21)/b10-9+/t13-/m1/s1. The van der Waals surface area contributed by atoms with E-state index in [0.717, 1.165) is 10.4 Å². The second kappa shape index (κ2) is 8.88. The molecule has 0 unspecified atom stereocenters. The Labute approximate surface area is 144 Å². The van der Waals surface area contributed by atoms with Gasteiger partial charge < -0.3 is 14.8 Å². The molecule has 0 radical (unpaired) electrons. The van der Waals surface area contributed by atoms with Gasteiger partial charge in [-0.2, -0.15) is 0 Å². The highest BCUT2D eigenvalue weighted by Crippen LogP contribution is 2.16. The number of amides is 1. The molecule has 1 aromatic heterocycles. The van der Waals surface area contributed by atoms with E-state index in [1.54, 1.807) is 13.2 Å². The van der Waals surface area contributed by atoms with Crippen LogP contribution in [0.25, 0.3) is 6.08 Å². The molecule has 0 bridgehead atoms. The maximum atomic E-state index is 12.0. The maximum Gasteiger partial charge on any atom is 0.331 e. The van der Waals surface area contributed by atoms with Gasteiger partial charge in [0.15, 0.2) is 6.10 Å². The zero-order chi connectivity index (χ0) is 17.4. The Bertz CT molecular complexity index is 710. The van der Waals surface area contributed by atoms with Crippen molar-refractivity contribution in [3.8, 4) is 5.75 Å². The molecule has 0 aliphatic rings. The Morgan fingerprint density at radius 1 is 1.25 bits per heavy atom. The van der Waals surface area contributed by atoms with E-state index in [0.29, 0.717) is 12.3 Å². The number of nitrogens with one attached hydrogen (secondary N) is 1. The van der Waals surface area contributed by atoms with Crippen molar-refractivity contribution in [1.82, 2.24) is 5.32 Å². The monoisotopic (exact) mass is 345 g/mol. The van der Waals surface area contributed by atoms with Gasteiger partial charge in [-0.3, -0.25) is 4.79 Å². The van der Waals surface area contributed by atoms with Crippen molar-refractivity contribution in [2.45, 2.75) is 19.6 Å². The van der Waals surface area contributed by atoms with E-state index in [9.17, 15) is 9.59 Å². The number of hydrogen-bond donors (Lipinski definition) is 1. The first-order chi connectivity index (χ1) is 11.6. The molecule has 0 spiro atoms. The van der Waals surface area contributed by atoms with Crippen LogP contribution in [0.15, 0.2) is 47.9 Å². The number of esters is 1.